The Morgan fingerprint density at radius 3 is 2.61 bits per heavy atom. The summed E-state index contributed by atoms with van der Waals surface area (Å²) in [6.07, 6.45) is 0.733. The molecule has 1 atom stereocenters. The summed E-state index contributed by atoms with van der Waals surface area (Å²) in [6.45, 7) is 7.19. The van der Waals surface area contributed by atoms with Crippen LogP contribution < -0.4 is 5.32 Å². The van der Waals surface area contributed by atoms with Gasteiger partial charge in [-0.2, -0.15) is 0 Å². The summed E-state index contributed by atoms with van der Waals surface area (Å²) < 4.78 is 5.36. The molecule has 144 valence electrons. The minimum atomic E-state index is -0.937. The first kappa shape index (κ1) is 19.7. The number of hydrogen-bond donors (Lipinski definition) is 1. The second kappa shape index (κ2) is 8.31. The van der Waals surface area contributed by atoms with E-state index in [-0.39, 0.29) is 5.91 Å². The van der Waals surface area contributed by atoms with Gasteiger partial charge in [-0.1, -0.05) is 23.8 Å². The van der Waals surface area contributed by atoms with Crippen molar-refractivity contribution in [1.29, 1.82) is 0 Å². The summed E-state index contributed by atoms with van der Waals surface area (Å²) in [6, 6.07) is 11.2. The molecule has 1 amide bonds. The first-order valence-corrected chi connectivity index (χ1v) is 9.64. The van der Waals surface area contributed by atoms with Gasteiger partial charge in [-0.3, -0.25) is 9.78 Å². The van der Waals surface area contributed by atoms with Crippen LogP contribution in [0.2, 0.25) is 0 Å². The topological polar surface area (TPSA) is 81.2 Å². The molecule has 28 heavy (non-hydrogen) atoms. The van der Waals surface area contributed by atoms with Crippen LogP contribution in [0, 0.1) is 20.8 Å². The Kier molecular flexibility index (Phi) is 5.84. The van der Waals surface area contributed by atoms with Crippen molar-refractivity contribution in [3.8, 4) is 10.7 Å². The molecule has 1 N–H and O–H groups in total. The number of nitrogens with one attached hydrogen (secondary N) is 1. The molecule has 0 aliphatic carbocycles. The molecule has 0 radical (unpaired) electrons. The fraction of sp³-hybridized carbons (Fsp3) is 0.238. The molecule has 0 bridgehead atoms. The van der Waals surface area contributed by atoms with E-state index in [2.05, 4.69) is 15.3 Å². The maximum absolute atomic E-state index is 12.5. The molecule has 0 spiro atoms. The molecule has 0 aliphatic heterocycles. The summed E-state index contributed by atoms with van der Waals surface area (Å²) in [4.78, 5) is 34.0. The molecule has 7 heteroatoms. The first-order valence-electron chi connectivity index (χ1n) is 8.83. The third-order valence-corrected chi connectivity index (χ3v) is 5.32. The van der Waals surface area contributed by atoms with Gasteiger partial charge in [-0.15, -0.1) is 11.3 Å². The highest BCUT2D eigenvalue weighted by atomic mass is 32.1. The number of carbonyl (C=O) groups excluding carboxylic acids is 2. The van der Waals surface area contributed by atoms with E-state index < -0.39 is 12.1 Å². The number of benzene rings is 1. The van der Waals surface area contributed by atoms with E-state index >= 15 is 0 Å². The average Bonchev–Trinajstić information content (AvgIpc) is 3.06. The molecular weight excluding hydrogens is 374 g/mol. The van der Waals surface area contributed by atoms with E-state index in [9.17, 15) is 9.59 Å². The lowest BCUT2D eigenvalue weighted by Crippen LogP contribution is -2.30. The normalized spacial score (nSPS) is 11.7. The zero-order valence-corrected chi connectivity index (χ0v) is 17.0. The molecule has 1 unspecified atom stereocenters. The highest BCUT2D eigenvalue weighted by Crippen LogP contribution is 2.27. The fourth-order valence-corrected chi connectivity index (χ4v) is 3.57. The molecule has 3 aromatic rings. The second-order valence-corrected chi connectivity index (χ2v) is 7.50. The van der Waals surface area contributed by atoms with Gasteiger partial charge < -0.3 is 10.1 Å². The van der Waals surface area contributed by atoms with Crippen molar-refractivity contribution in [2.24, 2.45) is 0 Å². The number of anilines is 1. The number of ether oxygens (including phenoxy) is 1. The number of nitrogens with zero attached hydrogens (tertiary/aromatic N) is 2. The molecule has 6 nitrogen and oxygen atoms in total. The van der Waals surface area contributed by atoms with Gasteiger partial charge in [-0.05, 0) is 51.5 Å². The van der Waals surface area contributed by atoms with Gasteiger partial charge in [0.15, 0.2) is 6.10 Å². The van der Waals surface area contributed by atoms with Gasteiger partial charge in [0, 0.05) is 11.9 Å². The van der Waals surface area contributed by atoms with Crippen molar-refractivity contribution in [3.63, 3.8) is 0 Å². The van der Waals surface area contributed by atoms with Gasteiger partial charge >= 0.3 is 5.97 Å². The third-order valence-electron chi connectivity index (χ3n) is 4.16. The lowest BCUT2D eigenvalue weighted by Gasteiger charge is -2.14. The number of aromatic nitrogens is 2. The van der Waals surface area contributed by atoms with Gasteiger partial charge in [0.2, 0.25) is 0 Å². The van der Waals surface area contributed by atoms with Gasteiger partial charge in [0.1, 0.15) is 9.88 Å². The molecule has 0 aliphatic rings. The van der Waals surface area contributed by atoms with Gasteiger partial charge in [0.05, 0.1) is 11.4 Å². The van der Waals surface area contributed by atoms with E-state index in [0.29, 0.717) is 27.0 Å². The predicted octanol–water partition coefficient (Wildman–Crippen LogP) is 4.31. The van der Waals surface area contributed by atoms with Crippen molar-refractivity contribution in [1.82, 2.24) is 9.97 Å². The summed E-state index contributed by atoms with van der Waals surface area (Å²) >= 11 is 1.20. The van der Waals surface area contributed by atoms with Crippen molar-refractivity contribution >= 4 is 28.9 Å². The molecule has 1 aromatic carbocycles. The number of hydrogen-bond acceptors (Lipinski definition) is 6. The van der Waals surface area contributed by atoms with E-state index in [1.807, 2.05) is 50.2 Å². The standard InChI is InChI=1S/C21H21N3O3S/c1-12-8-9-16(13(2)11-12)24-19(25)15(4)27-21(26)18-14(3)23-20(28-18)17-7-5-6-10-22-17/h5-11,15H,1-4H3,(H,24,25). The number of pyridine rings is 1. The highest BCUT2D eigenvalue weighted by molar-refractivity contribution is 7.17. The zero-order chi connectivity index (χ0) is 20.3. The minimum absolute atomic E-state index is 0.367. The largest absolute Gasteiger partial charge is 0.448 e. The van der Waals surface area contributed by atoms with E-state index in [1.54, 1.807) is 20.0 Å². The summed E-state index contributed by atoms with van der Waals surface area (Å²) in [5, 5.41) is 3.44. The Bertz CT molecular complexity index is 1010. The number of amides is 1. The Hall–Kier alpha value is -3.06. The Labute approximate surface area is 167 Å². The van der Waals surface area contributed by atoms with Crippen LogP contribution in [0.3, 0.4) is 0 Å². The zero-order valence-electron chi connectivity index (χ0n) is 16.1. The van der Waals surface area contributed by atoms with Crippen molar-refractivity contribution < 1.29 is 14.3 Å². The van der Waals surface area contributed by atoms with Crippen LogP contribution in [-0.2, 0) is 9.53 Å². The van der Waals surface area contributed by atoms with Crippen molar-refractivity contribution in [2.45, 2.75) is 33.8 Å². The lowest BCUT2D eigenvalue weighted by molar-refractivity contribution is -0.123. The maximum Gasteiger partial charge on any atom is 0.351 e. The molecule has 2 aromatic heterocycles. The van der Waals surface area contributed by atoms with Crippen LogP contribution in [0.1, 0.15) is 33.4 Å². The molecule has 0 saturated carbocycles. The monoisotopic (exact) mass is 395 g/mol. The van der Waals surface area contributed by atoms with Gasteiger partial charge in [-0.25, -0.2) is 9.78 Å². The predicted molar refractivity (Wildman–Crippen MR) is 110 cm³/mol. The third kappa shape index (κ3) is 4.43. The summed E-state index contributed by atoms with van der Waals surface area (Å²) in [5.41, 5.74) is 4.00. The Balaban J connectivity index is 1.68. The van der Waals surface area contributed by atoms with Crippen LogP contribution in [0.5, 0.6) is 0 Å². The lowest BCUT2D eigenvalue weighted by atomic mass is 10.1. The van der Waals surface area contributed by atoms with Gasteiger partial charge in [0.25, 0.3) is 5.91 Å². The van der Waals surface area contributed by atoms with E-state index in [1.165, 1.54) is 11.3 Å². The second-order valence-electron chi connectivity index (χ2n) is 6.50. The minimum Gasteiger partial charge on any atom is -0.448 e. The van der Waals surface area contributed by atoms with Crippen LogP contribution in [0.15, 0.2) is 42.6 Å². The number of aryl methyl sites for hydroxylation is 3. The average molecular weight is 395 g/mol. The Morgan fingerprint density at radius 1 is 1.14 bits per heavy atom. The molecular formula is C21H21N3O3S. The Morgan fingerprint density at radius 2 is 1.93 bits per heavy atom. The smallest absolute Gasteiger partial charge is 0.351 e. The number of carbonyl (C=O) groups is 2. The van der Waals surface area contributed by atoms with Crippen LogP contribution in [-0.4, -0.2) is 27.9 Å². The first-order chi connectivity index (χ1) is 13.3. The number of rotatable bonds is 5. The van der Waals surface area contributed by atoms with Crippen LogP contribution in [0.4, 0.5) is 5.69 Å². The molecule has 0 saturated heterocycles. The SMILES string of the molecule is Cc1ccc(NC(=O)C(C)OC(=O)c2sc(-c3ccccn3)nc2C)c(C)c1. The van der Waals surface area contributed by atoms with Crippen molar-refractivity contribution in [3.05, 3.63) is 64.3 Å². The van der Waals surface area contributed by atoms with Crippen LogP contribution >= 0.6 is 11.3 Å². The molecule has 2 heterocycles. The van der Waals surface area contributed by atoms with E-state index in [4.69, 9.17) is 4.74 Å². The summed E-state index contributed by atoms with van der Waals surface area (Å²) in [5.74, 6) is -0.951. The number of esters is 1. The molecule has 0 fully saturated rings. The number of thiazole rings is 1. The van der Waals surface area contributed by atoms with Crippen LogP contribution in [0.25, 0.3) is 10.7 Å². The fourth-order valence-electron chi connectivity index (χ4n) is 2.64. The maximum atomic E-state index is 12.5. The van der Waals surface area contributed by atoms with Crippen molar-refractivity contribution in [2.75, 3.05) is 5.32 Å². The quantitative estimate of drug-likeness (QED) is 0.651. The highest BCUT2D eigenvalue weighted by Gasteiger charge is 2.23. The summed E-state index contributed by atoms with van der Waals surface area (Å²) in [7, 11) is 0. The molecule has 3 rings (SSSR count). The van der Waals surface area contributed by atoms with E-state index in [0.717, 1.165) is 11.1 Å².